The molecule has 0 saturated carbocycles. The van der Waals surface area contributed by atoms with Gasteiger partial charge in [-0.3, -0.25) is 34.6 Å². The zero-order valence-electron chi connectivity index (χ0n) is 16.1. The van der Waals surface area contributed by atoms with E-state index in [9.17, 15) is 34.6 Å². The van der Waals surface area contributed by atoms with Gasteiger partial charge in [-0.2, -0.15) is 0 Å². The average Bonchev–Trinajstić information content (AvgIpc) is 3.03. The van der Waals surface area contributed by atoms with E-state index in [1.54, 1.807) is 0 Å². The highest BCUT2D eigenvalue weighted by atomic mass is 16.6. The van der Waals surface area contributed by atoms with E-state index in [1.165, 1.54) is 60.7 Å². The van der Waals surface area contributed by atoms with Crippen molar-refractivity contribution in [1.29, 1.82) is 0 Å². The van der Waals surface area contributed by atoms with Gasteiger partial charge in [-0.1, -0.05) is 6.07 Å². The Balaban J connectivity index is 1.60. The number of carbonyl (C=O) groups excluding carboxylic acids is 3. The molecule has 1 aliphatic rings. The quantitative estimate of drug-likeness (QED) is 0.367. The number of amides is 3. The van der Waals surface area contributed by atoms with Gasteiger partial charge in [0.25, 0.3) is 29.1 Å². The molecule has 1 N–H and O–H groups in total. The Hall–Kier alpha value is -4.93. The fourth-order valence-corrected chi connectivity index (χ4v) is 3.23. The number of carbonyl (C=O) groups is 3. The SMILES string of the molecule is O=C(Nc1ccc([N+](=O)[O-])cc1)c1ccc2c(c1)C(=O)N(c1cccc([N+](=O)[O-])c1)C2=O. The summed E-state index contributed by atoms with van der Waals surface area (Å²) in [6.45, 7) is 0. The summed E-state index contributed by atoms with van der Waals surface area (Å²) < 4.78 is 0. The third-order valence-corrected chi connectivity index (χ3v) is 4.78. The lowest BCUT2D eigenvalue weighted by atomic mass is 10.1. The number of anilines is 2. The van der Waals surface area contributed by atoms with Crippen LogP contribution in [-0.4, -0.2) is 27.6 Å². The first kappa shape index (κ1) is 20.3. The van der Waals surface area contributed by atoms with E-state index in [1.807, 2.05) is 0 Å². The number of hydrogen-bond donors (Lipinski definition) is 1. The third-order valence-electron chi connectivity index (χ3n) is 4.78. The van der Waals surface area contributed by atoms with Crippen molar-refractivity contribution < 1.29 is 24.2 Å². The molecule has 11 heteroatoms. The Kier molecular flexibility index (Phi) is 4.91. The monoisotopic (exact) mass is 432 g/mol. The van der Waals surface area contributed by atoms with Crippen LogP contribution in [0.2, 0.25) is 0 Å². The number of imide groups is 1. The average molecular weight is 432 g/mol. The van der Waals surface area contributed by atoms with Crippen molar-refractivity contribution in [2.45, 2.75) is 0 Å². The van der Waals surface area contributed by atoms with E-state index in [4.69, 9.17) is 0 Å². The highest BCUT2D eigenvalue weighted by molar-refractivity contribution is 6.34. The minimum Gasteiger partial charge on any atom is -0.322 e. The second-order valence-electron chi connectivity index (χ2n) is 6.74. The lowest BCUT2D eigenvalue weighted by Crippen LogP contribution is -2.29. The fraction of sp³-hybridized carbons (Fsp3) is 0. The summed E-state index contributed by atoms with van der Waals surface area (Å²) in [5, 5.41) is 24.3. The number of benzene rings is 3. The van der Waals surface area contributed by atoms with E-state index < -0.39 is 27.6 Å². The van der Waals surface area contributed by atoms with Gasteiger partial charge >= 0.3 is 0 Å². The molecule has 0 aromatic heterocycles. The molecule has 11 nitrogen and oxygen atoms in total. The molecule has 3 aromatic carbocycles. The molecule has 32 heavy (non-hydrogen) atoms. The number of rotatable bonds is 5. The molecule has 0 saturated heterocycles. The molecule has 4 rings (SSSR count). The van der Waals surface area contributed by atoms with Gasteiger partial charge in [-0.25, -0.2) is 4.90 Å². The van der Waals surface area contributed by atoms with Crippen molar-refractivity contribution in [3.8, 4) is 0 Å². The molecule has 0 atom stereocenters. The van der Waals surface area contributed by atoms with Crippen LogP contribution in [0.1, 0.15) is 31.1 Å². The standard InChI is InChI=1S/C21H12N4O7/c26-19(22-13-5-7-14(8-6-13)24(29)30)12-4-9-17-18(10-12)21(28)23(20(17)27)15-2-1-3-16(11-15)25(31)32/h1-11H,(H,22,26). The van der Waals surface area contributed by atoms with Gasteiger partial charge in [0.05, 0.1) is 26.7 Å². The third kappa shape index (κ3) is 3.54. The second kappa shape index (κ2) is 7.72. The largest absolute Gasteiger partial charge is 0.322 e. The first-order valence-corrected chi connectivity index (χ1v) is 9.09. The molecule has 0 unspecified atom stereocenters. The molecule has 1 aliphatic heterocycles. The number of non-ortho nitro benzene ring substituents is 2. The highest BCUT2D eigenvalue weighted by Crippen LogP contribution is 2.31. The molecule has 0 aliphatic carbocycles. The molecule has 0 bridgehead atoms. The minimum atomic E-state index is -0.713. The molecule has 3 aromatic rings. The van der Waals surface area contributed by atoms with Gasteiger partial charge in [0, 0.05) is 35.5 Å². The van der Waals surface area contributed by atoms with Crippen LogP contribution >= 0.6 is 0 Å². The summed E-state index contributed by atoms with van der Waals surface area (Å²) in [7, 11) is 0. The number of fused-ring (bicyclic) bond motifs is 1. The van der Waals surface area contributed by atoms with Crippen LogP contribution < -0.4 is 10.2 Å². The van der Waals surface area contributed by atoms with Gasteiger partial charge in [0.2, 0.25) is 0 Å². The van der Waals surface area contributed by atoms with Crippen LogP contribution in [0.4, 0.5) is 22.7 Å². The summed E-state index contributed by atoms with van der Waals surface area (Å²) in [5.41, 5.74) is 0.0764. The Morgan fingerprint density at radius 1 is 0.781 bits per heavy atom. The fourth-order valence-electron chi connectivity index (χ4n) is 3.23. The van der Waals surface area contributed by atoms with Gasteiger partial charge in [0.15, 0.2) is 0 Å². The van der Waals surface area contributed by atoms with Crippen LogP contribution in [0.25, 0.3) is 0 Å². The summed E-state index contributed by atoms with van der Waals surface area (Å²) in [6.07, 6.45) is 0. The Morgan fingerprint density at radius 3 is 2.09 bits per heavy atom. The Labute approximate surface area is 179 Å². The first-order valence-electron chi connectivity index (χ1n) is 9.09. The number of hydrogen-bond acceptors (Lipinski definition) is 7. The molecule has 0 spiro atoms. The molecular weight excluding hydrogens is 420 g/mol. The van der Waals surface area contributed by atoms with E-state index >= 15 is 0 Å². The van der Waals surface area contributed by atoms with Crippen LogP contribution in [0.3, 0.4) is 0 Å². The Bertz CT molecular complexity index is 1320. The van der Waals surface area contributed by atoms with Gasteiger partial charge in [0.1, 0.15) is 0 Å². The van der Waals surface area contributed by atoms with Crippen molar-refractivity contribution in [2.75, 3.05) is 10.2 Å². The van der Waals surface area contributed by atoms with Crippen LogP contribution in [-0.2, 0) is 0 Å². The van der Waals surface area contributed by atoms with Crippen LogP contribution in [0.15, 0.2) is 66.7 Å². The maximum atomic E-state index is 12.9. The molecule has 158 valence electrons. The van der Waals surface area contributed by atoms with Crippen molar-refractivity contribution >= 4 is 40.5 Å². The van der Waals surface area contributed by atoms with E-state index in [2.05, 4.69) is 5.32 Å². The highest BCUT2D eigenvalue weighted by Gasteiger charge is 2.37. The molecule has 0 fully saturated rings. The van der Waals surface area contributed by atoms with Crippen molar-refractivity contribution in [3.63, 3.8) is 0 Å². The molecule has 1 heterocycles. The lowest BCUT2D eigenvalue weighted by molar-refractivity contribution is -0.385. The van der Waals surface area contributed by atoms with E-state index in [0.717, 1.165) is 11.0 Å². The second-order valence-corrected chi connectivity index (χ2v) is 6.74. The summed E-state index contributed by atoms with van der Waals surface area (Å²) in [6, 6.07) is 14.3. The zero-order chi connectivity index (χ0) is 23.0. The molecule has 3 amide bonds. The predicted octanol–water partition coefficient (Wildman–Crippen LogP) is 3.56. The first-order chi connectivity index (χ1) is 15.3. The van der Waals surface area contributed by atoms with Crippen molar-refractivity contribution in [3.05, 3.63) is 104 Å². The minimum absolute atomic E-state index is 0.0159. The number of nitrogens with zero attached hydrogens (tertiary/aromatic N) is 3. The van der Waals surface area contributed by atoms with Crippen molar-refractivity contribution in [1.82, 2.24) is 0 Å². The summed E-state index contributed by atoms with van der Waals surface area (Å²) in [4.78, 5) is 59.5. The van der Waals surface area contributed by atoms with Gasteiger partial charge in [-0.15, -0.1) is 0 Å². The van der Waals surface area contributed by atoms with Crippen molar-refractivity contribution in [2.24, 2.45) is 0 Å². The summed E-state index contributed by atoms with van der Waals surface area (Å²) in [5.74, 6) is -1.96. The normalized spacial score (nSPS) is 12.4. The van der Waals surface area contributed by atoms with E-state index in [-0.39, 0.29) is 33.8 Å². The van der Waals surface area contributed by atoms with E-state index in [0.29, 0.717) is 5.69 Å². The molecule has 0 radical (unpaired) electrons. The Morgan fingerprint density at radius 2 is 1.44 bits per heavy atom. The number of nitro benzene ring substituents is 2. The topological polar surface area (TPSA) is 153 Å². The van der Waals surface area contributed by atoms with Gasteiger partial charge in [-0.05, 0) is 36.4 Å². The van der Waals surface area contributed by atoms with Crippen LogP contribution in [0, 0.1) is 20.2 Å². The summed E-state index contributed by atoms with van der Waals surface area (Å²) >= 11 is 0. The van der Waals surface area contributed by atoms with Crippen LogP contribution in [0.5, 0.6) is 0 Å². The zero-order valence-corrected chi connectivity index (χ0v) is 16.1. The number of nitro groups is 2. The smallest absolute Gasteiger partial charge is 0.271 e. The lowest BCUT2D eigenvalue weighted by Gasteiger charge is -2.13. The maximum absolute atomic E-state index is 12.9. The molecular formula is C21H12N4O7. The van der Waals surface area contributed by atoms with Gasteiger partial charge < -0.3 is 5.32 Å². The predicted molar refractivity (Wildman–Crippen MR) is 112 cm³/mol. The number of nitrogens with one attached hydrogen (secondary N) is 1. The maximum Gasteiger partial charge on any atom is 0.271 e.